The fourth-order valence-corrected chi connectivity index (χ4v) is 4.71. The molecule has 0 aliphatic rings. The highest BCUT2D eigenvalue weighted by Gasteiger charge is 2.14. The Hall–Kier alpha value is -0.160. The van der Waals surface area contributed by atoms with Crippen LogP contribution >= 0.6 is 0 Å². The lowest BCUT2D eigenvalue weighted by Crippen LogP contribution is -2.47. The average molecular weight is 458 g/mol. The van der Waals surface area contributed by atoms with Crippen LogP contribution in [0.3, 0.4) is 0 Å². The van der Waals surface area contributed by atoms with Gasteiger partial charge < -0.3 is 20.1 Å². The van der Waals surface area contributed by atoms with Crippen molar-refractivity contribution in [3.63, 3.8) is 0 Å². The van der Waals surface area contributed by atoms with E-state index in [0.717, 1.165) is 12.8 Å². The molecule has 0 aromatic carbocycles. The lowest BCUT2D eigenvalue weighted by molar-refractivity contribution is -0.881. The summed E-state index contributed by atoms with van der Waals surface area (Å²) in [7, 11) is 0. The molecular formula is C28H59NO3. The predicted octanol–water partition coefficient (Wildman–Crippen LogP) is 7.89. The summed E-state index contributed by atoms with van der Waals surface area (Å²) in [6.07, 6.45) is 30.0. The van der Waals surface area contributed by atoms with Crippen molar-refractivity contribution in [3.8, 4) is 0 Å². The first-order chi connectivity index (χ1) is 15.7. The summed E-state index contributed by atoms with van der Waals surface area (Å²) in [5.41, 5.74) is 0. The molecule has 0 radical (unpaired) electrons. The molecule has 4 heteroatoms. The van der Waals surface area contributed by atoms with Gasteiger partial charge in [0.25, 0.3) is 0 Å². The van der Waals surface area contributed by atoms with Gasteiger partial charge in [-0.3, -0.25) is 0 Å². The summed E-state index contributed by atoms with van der Waals surface area (Å²) in [4.78, 5) is 0. The lowest BCUT2D eigenvalue weighted by Gasteiger charge is -2.42. The standard InChI is InChI=1S/C28H59NO3/c1-2-3-4-5-6-7-8-9-10-11-12-13-14-15-16-17-18-19-20-21-22-23-24-29(32,25-27-30)26-28-31/h30-31H,2-28H2,1H3. The van der Waals surface area contributed by atoms with Gasteiger partial charge in [-0.15, -0.1) is 0 Å². The smallest absolute Gasteiger partial charge is 0.102 e. The van der Waals surface area contributed by atoms with Gasteiger partial charge in [0.1, 0.15) is 13.1 Å². The number of rotatable bonds is 27. The van der Waals surface area contributed by atoms with E-state index < -0.39 is 4.65 Å². The molecule has 0 fully saturated rings. The van der Waals surface area contributed by atoms with Gasteiger partial charge in [0.05, 0.1) is 19.8 Å². The summed E-state index contributed by atoms with van der Waals surface area (Å²) in [6.45, 7) is 3.04. The highest BCUT2D eigenvalue weighted by Crippen LogP contribution is 2.15. The monoisotopic (exact) mass is 457 g/mol. The molecule has 2 N–H and O–H groups in total. The largest absolute Gasteiger partial charge is 0.633 e. The van der Waals surface area contributed by atoms with Gasteiger partial charge in [0.2, 0.25) is 0 Å². The van der Waals surface area contributed by atoms with E-state index in [-0.39, 0.29) is 26.3 Å². The third-order valence-corrected chi connectivity index (χ3v) is 6.93. The van der Waals surface area contributed by atoms with Crippen LogP contribution in [-0.4, -0.2) is 47.7 Å². The lowest BCUT2D eigenvalue weighted by atomic mass is 10.0. The molecule has 0 saturated heterocycles. The zero-order valence-electron chi connectivity index (χ0n) is 21.8. The van der Waals surface area contributed by atoms with Crippen LogP contribution in [0, 0.1) is 5.21 Å². The molecule has 32 heavy (non-hydrogen) atoms. The Morgan fingerprint density at radius 3 is 0.906 bits per heavy atom. The van der Waals surface area contributed by atoms with Crippen LogP contribution in [0.1, 0.15) is 148 Å². The highest BCUT2D eigenvalue weighted by atomic mass is 16.5. The second-order valence-electron chi connectivity index (χ2n) is 10.1. The number of unbranched alkanes of at least 4 members (excludes halogenated alkanes) is 21. The molecule has 0 saturated carbocycles. The third kappa shape index (κ3) is 23.0. The van der Waals surface area contributed by atoms with Crippen molar-refractivity contribution in [1.82, 2.24) is 0 Å². The first kappa shape index (κ1) is 31.8. The van der Waals surface area contributed by atoms with E-state index in [0.29, 0.717) is 6.54 Å². The summed E-state index contributed by atoms with van der Waals surface area (Å²) in [6, 6.07) is 0. The van der Waals surface area contributed by atoms with E-state index in [2.05, 4.69) is 6.92 Å². The molecule has 0 bridgehead atoms. The number of aliphatic hydroxyl groups excluding tert-OH is 2. The molecule has 0 heterocycles. The summed E-state index contributed by atoms with van der Waals surface area (Å²) in [5.74, 6) is 0. The van der Waals surface area contributed by atoms with E-state index in [1.807, 2.05) is 0 Å². The van der Waals surface area contributed by atoms with Crippen molar-refractivity contribution in [2.45, 2.75) is 148 Å². The van der Waals surface area contributed by atoms with Crippen molar-refractivity contribution in [2.24, 2.45) is 0 Å². The fraction of sp³-hybridized carbons (Fsp3) is 1.00. The number of nitrogens with zero attached hydrogens (tertiary/aromatic N) is 1. The molecule has 4 nitrogen and oxygen atoms in total. The quantitative estimate of drug-likeness (QED) is 0.0748. The van der Waals surface area contributed by atoms with Crippen molar-refractivity contribution in [2.75, 3.05) is 32.8 Å². The van der Waals surface area contributed by atoms with E-state index in [1.54, 1.807) is 0 Å². The molecule has 0 amide bonds. The summed E-state index contributed by atoms with van der Waals surface area (Å²) < 4.78 is -0.438. The Labute approximate surface area is 201 Å². The number of hydrogen-bond acceptors (Lipinski definition) is 3. The Morgan fingerprint density at radius 1 is 0.406 bits per heavy atom. The van der Waals surface area contributed by atoms with Crippen LogP contribution in [0.15, 0.2) is 0 Å². The minimum atomic E-state index is -0.438. The van der Waals surface area contributed by atoms with Crippen LogP contribution in [0.2, 0.25) is 0 Å². The zero-order chi connectivity index (χ0) is 23.6. The Kier molecular flexibility index (Phi) is 25.3. The Morgan fingerprint density at radius 2 is 0.656 bits per heavy atom. The van der Waals surface area contributed by atoms with Crippen molar-refractivity contribution in [1.29, 1.82) is 0 Å². The van der Waals surface area contributed by atoms with Crippen LogP contribution < -0.4 is 0 Å². The summed E-state index contributed by atoms with van der Waals surface area (Å²) >= 11 is 0. The van der Waals surface area contributed by atoms with Gasteiger partial charge in [-0.2, -0.15) is 0 Å². The normalized spacial score (nSPS) is 12.0. The molecule has 194 valence electrons. The van der Waals surface area contributed by atoms with Crippen molar-refractivity contribution < 1.29 is 14.9 Å². The van der Waals surface area contributed by atoms with E-state index in [4.69, 9.17) is 10.2 Å². The van der Waals surface area contributed by atoms with E-state index in [1.165, 1.54) is 128 Å². The number of hydrogen-bond donors (Lipinski definition) is 2. The van der Waals surface area contributed by atoms with Crippen LogP contribution in [0.5, 0.6) is 0 Å². The van der Waals surface area contributed by atoms with Gasteiger partial charge in [-0.05, 0) is 12.8 Å². The van der Waals surface area contributed by atoms with Gasteiger partial charge in [-0.1, -0.05) is 135 Å². The number of quaternary nitrogens is 1. The molecule has 0 aromatic heterocycles. The highest BCUT2D eigenvalue weighted by molar-refractivity contribution is 4.52. The molecule has 0 aliphatic heterocycles. The second kappa shape index (κ2) is 25.5. The van der Waals surface area contributed by atoms with Crippen LogP contribution in [0.25, 0.3) is 0 Å². The maximum Gasteiger partial charge on any atom is 0.102 e. The first-order valence-corrected chi connectivity index (χ1v) is 14.5. The molecule has 0 rings (SSSR count). The third-order valence-electron chi connectivity index (χ3n) is 6.93. The second-order valence-corrected chi connectivity index (χ2v) is 10.1. The minimum absolute atomic E-state index is 0.0944. The molecule has 0 aromatic rings. The number of aliphatic hydroxyl groups is 2. The van der Waals surface area contributed by atoms with Crippen molar-refractivity contribution >= 4 is 0 Å². The average Bonchev–Trinajstić information content (AvgIpc) is 2.77. The fourth-order valence-electron chi connectivity index (χ4n) is 4.71. The zero-order valence-corrected chi connectivity index (χ0v) is 21.8. The predicted molar refractivity (Wildman–Crippen MR) is 140 cm³/mol. The van der Waals surface area contributed by atoms with E-state index in [9.17, 15) is 5.21 Å². The first-order valence-electron chi connectivity index (χ1n) is 14.5. The SMILES string of the molecule is CCCCCCCCCCCCCCCCCCCCCCCC[N+]([O-])(CCO)CCO. The van der Waals surface area contributed by atoms with Gasteiger partial charge in [0, 0.05) is 0 Å². The Bertz CT molecular complexity index is 346. The maximum absolute atomic E-state index is 12.3. The Balaban J connectivity index is 3.19. The van der Waals surface area contributed by atoms with Gasteiger partial charge in [-0.25, -0.2) is 0 Å². The number of hydroxylamine groups is 3. The van der Waals surface area contributed by atoms with Gasteiger partial charge in [0.15, 0.2) is 0 Å². The molecular weight excluding hydrogens is 398 g/mol. The van der Waals surface area contributed by atoms with E-state index >= 15 is 0 Å². The topological polar surface area (TPSA) is 63.5 Å². The molecule has 0 aliphatic carbocycles. The minimum Gasteiger partial charge on any atom is -0.633 e. The molecule has 0 unspecified atom stereocenters. The van der Waals surface area contributed by atoms with Gasteiger partial charge >= 0.3 is 0 Å². The maximum atomic E-state index is 12.3. The summed E-state index contributed by atoms with van der Waals surface area (Å²) in [5, 5.41) is 30.3. The van der Waals surface area contributed by atoms with Crippen LogP contribution in [-0.2, 0) is 0 Å². The molecule has 0 spiro atoms. The molecule has 0 atom stereocenters. The van der Waals surface area contributed by atoms with Crippen molar-refractivity contribution in [3.05, 3.63) is 5.21 Å². The van der Waals surface area contributed by atoms with Crippen LogP contribution in [0.4, 0.5) is 0 Å².